The number of aromatic nitrogens is 2. The fourth-order valence-corrected chi connectivity index (χ4v) is 4.60. The second kappa shape index (κ2) is 10.8. The van der Waals surface area contributed by atoms with Crippen LogP contribution in [0, 0.1) is 30.2 Å². The van der Waals surface area contributed by atoms with E-state index in [4.69, 9.17) is 0 Å². The molecule has 0 bridgehead atoms. The van der Waals surface area contributed by atoms with Crippen LogP contribution >= 0.6 is 11.8 Å². The van der Waals surface area contributed by atoms with Crippen LogP contribution in [0.2, 0.25) is 0 Å². The van der Waals surface area contributed by atoms with E-state index in [1.54, 1.807) is 35.8 Å². The molecule has 1 aromatic heterocycles. The highest BCUT2D eigenvalue weighted by atomic mass is 32.2. The number of amides is 2. The molecule has 184 valence electrons. The molecular weight excluding hydrogens is 494 g/mol. The Balaban J connectivity index is 1.69. The van der Waals surface area contributed by atoms with Gasteiger partial charge in [0, 0.05) is 22.6 Å². The Kier molecular flexibility index (Phi) is 7.54. The molecule has 0 saturated heterocycles. The molecule has 0 saturated carbocycles. The fourth-order valence-electron chi connectivity index (χ4n) is 3.58. The molecule has 0 N–H and O–H groups in total. The lowest BCUT2D eigenvalue weighted by Gasteiger charge is -2.19. The first-order valence-corrected chi connectivity index (χ1v) is 11.7. The second-order valence-electron chi connectivity index (χ2n) is 7.81. The van der Waals surface area contributed by atoms with Gasteiger partial charge in [-0.25, -0.2) is 22.5 Å². The summed E-state index contributed by atoms with van der Waals surface area (Å²) in [5, 5.41) is 0.244. The summed E-state index contributed by atoms with van der Waals surface area (Å²) in [6.45, 7) is 1.57. The summed E-state index contributed by atoms with van der Waals surface area (Å²) in [7, 11) is 0. The SMILES string of the molecule is Cc1ccccc1C(=O)N(C=O)Cc1cnc(SCc2c(F)ccc(F)c2F)n1-c1ccc(F)cc1. The Hall–Kier alpha value is -3.92. The summed E-state index contributed by atoms with van der Waals surface area (Å²) >= 11 is 0.919. The van der Waals surface area contributed by atoms with E-state index in [1.165, 1.54) is 30.5 Å². The lowest BCUT2D eigenvalue weighted by molar-refractivity contribution is -0.116. The predicted octanol–water partition coefficient (Wildman–Crippen LogP) is 5.83. The van der Waals surface area contributed by atoms with Gasteiger partial charge < -0.3 is 0 Å². The molecule has 0 spiro atoms. The van der Waals surface area contributed by atoms with Crippen molar-refractivity contribution in [3.63, 3.8) is 0 Å². The maximum atomic E-state index is 14.2. The minimum atomic E-state index is -1.29. The molecule has 3 aromatic carbocycles. The molecule has 2 amide bonds. The molecule has 0 unspecified atom stereocenters. The van der Waals surface area contributed by atoms with Gasteiger partial charge in [0.15, 0.2) is 16.8 Å². The molecule has 10 heteroatoms. The van der Waals surface area contributed by atoms with Crippen LogP contribution in [0.5, 0.6) is 0 Å². The van der Waals surface area contributed by atoms with Crippen LogP contribution in [0.25, 0.3) is 5.69 Å². The number of nitrogens with zero attached hydrogens (tertiary/aromatic N) is 3. The van der Waals surface area contributed by atoms with Crippen LogP contribution in [0.4, 0.5) is 17.6 Å². The van der Waals surface area contributed by atoms with Gasteiger partial charge in [-0.2, -0.15) is 0 Å². The summed E-state index contributed by atoms with van der Waals surface area (Å²) in [4.78, 5) is 30.1. The quantitative estimate of drug-likeness (QED) is 0.129. The monoisotopic (exact) mass is 513 g/mol. The third-order valence-corrected chi connectivity index (χ3v) is 6.45. The van der Waals surface area contributed by atoms with Crippen LogP contribution < -0.4 is 0 Å². The number of aryl methyl sites for hydroxylation is 1. The number of benzene rings is 3. The molecule has 0 atom stereocenters. The van der Waals surface area contributed by atoms with E-state index in [9.17, 15) is 27.2 Å². The van der Waals surface area contributed by atoms with Gasteiger partial charge in [-0.15, -0.1) is 0 Å². The molecule has 0 aliphatic carbocycles. The number of carbonyl (C=O) groups excluding carboxylic acids is 2. The zero-order chi connectivity index (χ0) is 25.8. The molecule has 0 radical (unpaired) electrons. The van der Waals surface area contributed by atoms with Gasteiger partial charge in [0.05, 0.1) is 18.4 Å². The van der Waals surface area contributed by atoms with Crippen molar-refractivity contribution in [3.05, 3.63) is 113 Å². The van der Waals surface area contributed by atoms with E-state index in [0.717, 1.165) is 22.7 Å². The molecule has 5 nitrogen and oxygen atoms in total. The summed E-state index contributed by atoms with van der Waals surface area (Å²) < 4.78 is 57.0. The van der Waals surface area contributed by atoms with Gasteiger partial charge in [0.2, 0.25) is 6.41 Å². The Labute approximate surface area is 208 Å². The van der Waals surface area contributed by atoms with Gasteiger partial charge in [0.1, 0.15) is 11.6 Å². The number of imide groups is 1. The maximum Gasteiger partial charge on any atom is 0.260 e. The first-order valence-electron chi connectivity index (χ1n) is 10.7. The Morgan fingerprint density at radius 1 is 1.00 bits per heavy atom. The summed E-state index contributed by atoms with van der Waals surface area (Å²) in [5.74, 6) is -4.66. The first kappa shape index (κ1) is 25.2. The van der Waals surface area contributed by atoms with E-state index < -0.39 is 34.7 Å². The first-order chi connectivity index (χ1) is 17.3. The van der Waals surface area contributed by atoms with Crippen molar-refractivity contribution >= 4 is 24.1 Å². The zero-order valence-electron chi connectivity index (χ0n) is 18.9. The number of hydrogen-bond donors (Lipinski definition) is 0. The summed E-state index contributed by atoms with van der Waals surface area (Å²) in [5.41, 5.74) is 1.42. The van der Waals surface area contributed by atoms with Crippen LogP contribution in [-0.4, -0.2) is 26.8 Å². The van der Waals surface area contributed by atoms with E-state index in [-0.39, 0.29) is 17.5 Å². The van der Waals surface area contributed by atoms with Gasteiger partial charge in [-0.1, -0.05) is 30.0 Å². The van der Waals surface area contributed by atoms with Crippen LogP contribution in [0.3, 0.4) is 0 Å². The smallest absolute Gasteiger partial charge is 0.260 e. The van der Waals surface area contributed by atoms with Gasteiger partial charge in [0.25, 0.3) is 5.91 Å². The Bertz CT molecular complexity index is 1420. The number of halogens is 4. The van der Waals surface area contributed by atoms with E-state index in [2.05, 4.69) is 4.98 Å². The number of rotatable bonds is 8. The van der Waals surface area contributed by atoms with Crippen molar-refractivity contribution in [2.75, 3.05) is 0 Å². The summed E-state index contributed by atoms with van der Waals surface area (Å²) in [6, 6.07) is 13.7. The average molecular weight is 514 g/mol. The van der Waals surface area contributed by atoms with E-state index >= 15 is 0 Å². The molecule has 0 aliphatic heterocycles. The number of carbonyl (C=O) groups is 2. The molecule has 4 aromatic rings. The summed E-state index contributed by atoms with van der Waals surface area (Å²) in [6.07, 6.45) is 1.81. The Morgan fingerprint density at radius 2 is 1.69 bits per heavy atom. The van der Waals surface area contributed by atoms with Crippen molar-refractivity contribution in [1.82, 2.24) is 14.5 Å². The third-order valence-electron chi connectivity index (χ3n) is 5.47. The largest absolute Gasteiger partial charge is 0.290 e. The highest BCUT2D eigenvalue weighted by molar-refractivity contribution is 7.98. The molecule has 36 heavy (non-hydrogen) atoms. The van der Waals surface area contributed by atoms with Gasteiger partial charge in [-0.3, -0.25) is 19.1 Å². The minimum absolute atomic E-state index is 0.176. The maximum absolute atomic E-state index is 14.2. The van der Waals surface area contributed by atoms with Gasteiger partial charge >= 0.3 is 0 Å². The highest BCUT2D eigenvalue weighted by Gasteiger charge is 2.22. The predicted molar refractivity (Wildman–Crippen MR) is 127 cm³/mol. The van der Waals surface area contributed by atoms with Crippen molar-refractivity contribution in [3.8, 4) is 5.69 Å². The molecule has 0 fully saturated rings. The fraction of sp³-hybridized carbons (Fsp3) is 0.115. The molecule has 4 rings (SSSR count). The van der Waals surface area contributed by atoms with Crippen molar-refractivity contribution in [2.24, 2.45) is 0 Å². The molecule has 1 heterocycles. The molecular formula is C26H19F4N3O2S. The second-order valence-corrected chi connectivity index (χ2v) is 8.75. The number of thioether (sulfide) groups is 1. The van der Waals surface area contributed by atoms with Crippen molar-refractivity contribution in [2.45, 2.75) is 24.4 Å². The van der Waals surface area contributed by atoms with Crippen LogP contribution in [-0.2, 0) is 17.1 Å². The lowest BCUT2D eigenvalue weighted by Crippen LogP contribution is -2.30. The highest BCUT2D eigenvalue weighted by Crippen LogP contribution is 2.30. The van der Waals surface area contributed by atoms with Crippen molar-refractivity contribution in [1.29, 1.82) is 0 Å². The third kappa shape index (κ3) is 5.18. The van der Waals surface area contributed by atoms with Crippen LogP contribution in [0.15, 0.2) is 72.0 Å². The van der Waals surface area contributed by atoms with Crippen LogP contribution in [0.1, 0.15) is 27.2 Å². The van der Waals surface area contributed by atoms with E-state index in [1.807, 2.05) is 0 Å². The van der Waals surface area contributed by atoms with E-state index in [0.29, 0.717) is 35.0 Å². The lowest BCUT2D eigenvalue weighted by atomic mass is 10.1. The normalized spacial score (nSPS) is 10.9. The number of hydrogen-bond acceptors (Lipinski definition) is 4. The zero-order valence-corrected chi connectivity index (χ0v) is 19.7. The van der Waals surface area contributed by atoms with Crippen molar-refractivity contribution < 1.29 is 27.2 Å². The Morgan fingerprint density at radius 3 is 2.39 bits per heavy atom. The topological polar surface area (TPSA) is 55.2 Å². The molecule has 0 aliphatic rings. The minimum Gasteiger partial charge on any atom is -0.290 e. The van der Waals surface area contributed by atoms with Gasteiger partial charge in [-0.05, 0) is 55.0 Å². The number of imidazole rings is 1. The average Bonchev–Trinajstić information content (AvgIpc) is 3.27. The standard InChI is InChI=1S/C26H19F4N3O2S/c1-16-4-2-3-5-20(16)25(35)32(15-34)13-19-12-31-26(33(19)18-8-6-17(27)7-9-18)36-14-21-22(28)10-11-23(29)24(21)30/h2-12,15H,13-14H2,1H3.